The number of ether oxygens (including phenoxy) is 2. The van der Waals surface area contributed by atoms with E-state index in [4.69, 9.17) is 26.8 Å². The number of methoxy groups -OCH3 is 2. The van der Waals surface area contributed by atoms with E-state index in [-0.39, 0.29) is 24.0 Å². The number of halogens is 1. The molecule has 1 aromatic carbocycles. The van der Waals surface area contributed by atoms with Crippen molar-refractivity contribution < 1.29 is 19.1 Å². The number of anilines is 1. The van der Waals surface area contributed by atoms with Crippen molar-refractivity contribution in [2.75, 3.05) is 72.8 Å². The number of carbonyl (C=O) groups is 2. The molecule has 1 aromatic rings. The molecule has 3 rings (SSSR count). The van der Waals surface area contributed by atoms with Crippen molar-refractivity contribution in [2.24, 2.45) is 0 Å². The fraction of sp³-hybridized carbons (Fsp3) is 0.680. The summed E-state index contributed by atoms with van der Waals surface area (Å²) < 4.78 is 11.0. The maximum atomic E-state index is 12.9. The van der Waals surface area contributed by atoms with Gasteiger partial charge in [-0.3, -0.25) is 14.5 Å². The lowest BCUT2D eigenvalue weighted by atomic mass is 10.0. The van der Waals surface area contributed by atoms with Gasteiger partial charge in [0, 0.05) is 39.9 Å². The molecule has 2 fully saturated rings. The monoisotopic (exact) mass is 509 g/mol. The molecule has 0 aromatic heterocycles. The highest BCUT2D eigenvalue weighted by molar-refractivity contribution is 6.33. The number of amides is 2. The van der Waals surface area contributed by atoms with Crippen LogP contribution in [0.2, 0.25) is 5.02 Å². The van der Waals surface area contributed by atoms with E-state index in [0.717, 1.165) is 58.5 Å². The Hall–Kier alpha value is -2.07. The molecule has 0 bridgehead atoms. The van der Waals surface area contributed by atoms with Gasteiger partial charge in [0.25, 0.3) is 5.91 Å². The number of rotatable bonds is 11. The van der Waals surface area contributed by atoms with Gasteiger partial charge >= 0.3 is 0 Å². The van der Waals surface area contributed by atoms with Gasteiger partial charge in [-0.15, -0.1) is 0 Å². The van der Waals surface area contributed by atoms with Crippen molar-refractivity contribution in [2.45, 2.75) is 44.2 Å². The third-order valence-corrected chi connectivity index (χ3v) is 7.35. The van der Waals surface area contributed by atoms with Gasteiger partial charge in [0.05, 0.1) is 42.1 Å². The standard InChI is InChI=1S/C25H40ClN5O4/c1-29(24(32)17-30-10-6-7-11-30)9-4-5-12-31-13-8-21(23(16-31)35-3)28-25(33)18-14-19(26)20(27)15-22(18)34-2/h14-15,21,23H,4-13,16-17,27H2,1-3H3,(H,28,33)/t21-,23+/m0/s1. The number of nitrogens with two attached hydrogens (primary N) is 1. The Morgan fingerprint density at radius 1 is 1.17 bits per heavy atom. The molecule has 2 aliphatic heterocycles. The van der Waals surface area contributed by atoms with E-state index in [9.17, 15) is 9.59 Å². The van der Waals surface area contributed by atoms with Crippen molar-refractivity contribution in [3.05, 3.63) is 22.7 Å². The van der Waals surface area contributed by atoms with Gasteiger partial charge in [-0.05, 0) is 57.8 Å². The molecular weight excluding hydrogens is 470 g/mol. The van der Waals surface area contributed by atoms with Crippen LogP contribution in [0, 0.1) is 0 Å². The number of hydrogen-bond donors (Lipinski definition) is 2. The fourth-order valence-electron chi connectivity index (χ4n) is 4.81. The summed E-state index contributed by atoms with van der Waals surface area (Å²) in [5.74, 6) is 0.340. The van der Waals surface area contributed by atoms with Gasteiger partial charge in [-0.1, -0.05) is 11.6 Å². The summed E-state index contributed by atoms with van der Waals surface area (Å²) in [6.45, 7) is 5.95. The number of piperidine rings is 1. The van der Waals surface area contributed by atoms with Crippen LogP contribution in [0.25, 0.3) is 0 Å². The number of nitrogens with zero attached hydrogens (tertiary/aromatic N) is 3. The molecule has 2 atom stereocenters. The molecule has 0 radical (unpaired) electrons. The summed E-state index contributed by atoms with van der Waals surface area (Å²) in [5.41, 5.74) is 6.55. The molecule has 196 valence electrons. The number of likely N-dealkylation sites (N-methyl/N-ethyl adjacent to an activating group) is 1. The van der Waals surface area contributed by atoms with E-state index in [1.807, 2.05) is 11.9 Å². The number of nitrogens with one attached hydrogen (secondary N) is 1. The highest BCUT2D eigenvalue weighted by Crippen LogP contribution is 2.29. The Morgan fingerprint density at radius 2 is 1.91 bits per heavy atom. The zero-order valence-electron chi connectivity index (χ0n) is 21.2. The van der Waals surface area contributed by atoms with Crippen LogP contribution in [0.1, 0.15) is 42.5 Å². The van der Waals surface area contributed by atoms with E-state index in [2.05, 4.69) is 15.1 Å². The summed E-state index contributed by atoms with van der Waals surface area (Å²) >= 11 is 6.12. The first-order valence-electron chi connectivity index (χ1n) is 12.5. The molecule has 10 heteroatoms. The second-order valence-corrected chi connectivity index (χ2v) is 9.93. The summed E-state index contributed by atoms with van der Waals surface area (Å²) in [6, 6.07) is 2.99. The molecule has 2 amide bonds. The summed E-state index contributed by atoms with van der Waals surface area (Å²) in [4.78, 5) is 31.8. The molecule has 0 aliphatic carbocycles. The first-order valence-corrected chi connectivity index (χ1v) is 12.9. The van der Waals surface area contributed by atoms with Gasteiger partial charge in [-0.2, -0.15) is 0 Å². The van der Waals surface area contributed by atoms with Crippen molar-refractivity contribution >= 4 is 29.1 Å². The second-order valence-electron chi connectivity index (χ2n) is 9.52. The predicted octanol–water partition coefficient (Wildman–Crippen LogP) is 2.08. The van der Waals surface area contributed by atoms with E-state index >= 15 is 0 Å². The van der Waals surface area contributed by atoms with E-state index < -0.39 is 0 Å². The molecule has 2 heterocycles. The van der Waals surface area contributed by atoms with Crippen molar-refractivity contribution in [1.29, 1.82) is 0 Å². The number of nitrogen functional groups attached to an aromatic ring is 1. The highest BCUT2D eigenvalue weighted by atomic mass is 35.5. The highest BCUT2D eigenvalue weighted by Gasteiger charge is 2.31. The van der Waals surface area contributed by atoms with E-state index in [1.54, 1.807) is 13.2 Å². The third kappa shape index (κ3) is 7.70. The lowest BCUT2D eigenvalue weighted by Crippen LogP contribution is -2.55. The minimum Gasteiger partial charge on any atom is -0.496 e. The number of carbonyl (C=O) groups excluding carboxylic acids is 2. The van der Waals surface area contributed by atoms with E-state index in [1.165, 1.54) is 26.0 Å². The molecule has 0 unspecified atom stereocenters. The van der Waals surface area contributed by atoms with Crippen LogP contribution in [-0.2, 0) is 9.53 Å². The summed E-state index contributed by atoms with van der Waals surface area (Å²) in [6.07, 6.45) is 5.04. The molecule has 0 saturated carbocycles. The van der Waals surface area contributed by atoms with Crippen molar-refractivity contribution in [3.63, 3.8) is 0 Å². The lowest BCUT2D eigenvalue weighted by molar-refractivity contribution is -0.130. The molecule has 0 spiro atoms. The van der Waals surface area contributed by atoms with Gasteiger partial charge < -0.3 is 30.3 Å². The topological polar surface area (TPSA) is 100 Å². The second kappa shape index (κ2) is 13.3. The zero-order valence-corrected chi connectivity index (χ0v) is 22.0. The van der Waals surface area contributed by atoms with E-state index in [0.29, 0.717) is 28.6 Å². The first-order chi connectivity index (χ1) is 16.8. The molecule has 35 heavy (non-hydrogen) atoms. The maximum absolute atomic E-state index is 12.9. The van der Waals surface area contributed by atoms with Gasteiger partial charge in [0.2, 0.25) is 5.91 Å². The predicted molar refractivity (Wildman–Crippen MR) is 138 cm³/mol. The molecule has 9 nitrogen and oxygen atoms in total. The van der Waals surface area contributed by atoms with Crippen molar-refractivity contribution in [1.82, 2.24) is 20.0 Å². The van der Waals surface area contributed by atoms with Gasteiger partial charge in [0.1, 0.15) is 5.75 Å². The van der Waals surface area contributed by atoms with Crippen LogP contribution < -0.4 is 15.8 Å². The van der Waals surface area contributed by atoms with Crippen LogP contribution in [0.4, 0.5) is 5.69 Å². The smallest absolute Gasteiger partial charge is 0.255 e. The number of unbranched alkanes of at least 4 members (excludes halogenated alkanes) is 1. The Bertz CT molecular complexity index is 865. The first kappa shape index (κ1) is 27.5. The van der Waals surface area contributed by atoms with Crippen molar-refractivity contribution in [3.8, 4) is 5.75 Å². The normalized spacial score (nSPS) is 21.1. The third-order valence-electron chi connectivity index (χ3n) is 7.03. The SMILES string of the molecule is COc1cc(N)c(Cl)cc1C(=O)N[C@H]1CCN(CCCCN(C)C(=O)CN2CCCC2)C[C@H]1OC. The Kier molecular flexibility index (Phi) is 10.5. The summed E-state index contributed by atoms with van der Waals surface area (Å²) in [5, 5.41) is 3.40. The Balaban J connectivity index is 1.41. The van der Waals surface area contributed by atoms with Crippen LogP contribution in [-0.4, -0.2) is 106 Å². The quantitative estimate of drug-likeness (QED) is 0.348. The molecule has 2 saturated heterocycles. The minimum atomic E-state index is -0.258. The number of hydrogen-bond acceptors (Lipinski definition) is 7. The largest absolute Gasteiger partial charge is 0.496 e. The van der Waals surface area contributed by atoms with Crippen LogP contribution >= 0.6 is 11.6 Å². The number of likely N-dealkylation sites (tertiary alicyclic amines) is 2. The van der Waals surface area contributed by atoms with Gasteiger partial charge in [0.15, 0.2) is 0 Å². The average molecular weight is 510 g/mol. The Morgan fingerprint density at radius 3 is 2.60 bits per heavy atom. The van der Waals surface area contributed by atoms with Crippen LogP contribution in [0.3, 0.4) is 0 Å². The zero-order chi connectivity index (χ0) is 25.4. The Labute approximate surface area is 213 Å². The number of benzene rings is 1. The molecular formula is C25H40ClN5O4. The molecule has 2 aliphatic rings. The van der Waals surface area contributed by atoms with Gasteiger partial charge in [-0.25, -0.2) is 0 Å². The molecule has 3 N–H and O–H groups in total. The summed E-state index contributed by atoms with van der Waals surface area (Å²) in [7, 11) is 5.07. The minimum absolute atomic E-state index is 0.112. The maximum Gasteiger partial charge on any atom is 0.255 e. The van der Waals surface area contributed by atoms with Crippen LogP contribution in [0.15, 0.2) is 12.1 Å². The lowest BCUT2D eigenvalue weighted by Gasteiger charge is -2.38. The average Bonchev–Trinajstić information content (AvgIpc) is 3.36. The van der Waals surface area contributed by atoms with Crippen LogP contribution in [0.5, 0.6) is 5.75 Å². The fourth-order valence-corrected chi connectivity index (χ4v) is 4.97.